The van der Waals surface area contributed by atoms with E-state index in [1.165, 1.54) is 30.4 Å². The van der Waals surface area contributed by atoms with Crippen LogP contribution in [0.4, 0.5) is 0 Å². The third-order valence-electron chi connectivity index (χ3n) is 4.23. The molecule has 1 saturated carbocycles. The fourth-order valence-electron chi connectivity index (χ4n) is 3.00. The van der Waals surface area contributed by atoms with Gasteiger partial charge in [0.25, 0.3) is 0 Å². The molecule has 1 heterocycles. The van der Waals surface area contributed by atoms with Crippen LogP contribution in [0.15, 0.2) is 24.3 Å². The van der Waals surface area contributed by atoms with Gasteiger partial charge in [-0.1, -0.05) is 37.6 Å². The summed E-state index contributed by atoms with van der Waals surface area (Å²) < 4.78 is 12.3. The quantitative estimate of drug-likeness (QED) is 0.680. The van der Waals surface area contributed by atoms with Crippen molar-refractivity contribution in [2.75, 3.05) is 0 Å². The first-order valence-electron chi connectivity index (χ1n) is 6.65. The van der Waals surface area contributed by atoms with Crippen LogP contribution < -0.4 is 0 Å². The van der Waals surface area contributed by atoms with Gasteiger partial charge in [0.1, 0.15) is 0 Å². The van der Waals surface area contributed by atoms with Crippen molar-refractivity contribution in [2.45, 2.75) is 51.6 Å². The summed E-state index contributed by atoms with van der Waals surface area (Å²) >= 11 is 0. The molecule has 0 radical (unpaired) electrons. The van der Waals surface area contributed by atoms with E-state index in [1.807, 2.05) is 0 Å². The van der Waals surface area contributed by atoms with Crippen LogP contribution in [0.5, 0.6) is 0 Å². The largest absolute Gasteiger partial charge is 0.345 e. The summed E-state index contributed by atoms with van der Waals surface area (Å²) in [7, 11) is 0. The first-order valence-corrected chi connectivity index (χ1v) is 6.65. The van der Waals surface area contributed by atoms with Crippen molar-refractivity contribution in [1.82, 2.24) is 0 Å². The zero-order valence-corrected chi connectivity index (χ0v) is 10.4. The van der Waals surface area contributed by atoms with Gasteiger partial charge in [-0.05, 0) is 24.0 Å². The number of hydrogen-bond donors (Lipinski definition) is 0. The summed E-state index contributed by atoms with van der Waals surface area (Å²) in [5, 5.41) is 0. The van der Waals surface area contributed by atoms with Crippen LogP contribution >= 0.6 is 0 Å². The fourth-order valence-corrected chi connectivity index (χ4v) is 3.00. The number of ether oxygens (including phenoxy) is 2. The average molecular weight is 232 g/mol. The van der Waals surface area contributed by atoms with Gasteiger partial charge < -0.3 is 9.47 Å². The fraction of sp³-hybridized carbons (Fsp3) is 0.600. The standard InChI is InChI=1S/C15H20O2/c1-12-6-4-5-9-15(12)16-10-13-7-2-3-8-14(13)11-17-15/h2-3,7-8,12H,4-6,9-11H2,1H3. The lowest BCUT2D eigenvalue weighted by molar-refractivity contribution is -0.283. The zero-order valence-electron chi connectivity index (χ0n) is 10.4. The monoisotopic (exact) mass is 232 g/mol. The van der Waals surface area contributed by atoms with Gasteiger partial charge in [-0.15, -0.1) is 0 Å². The predicted octanol–water partition coefficient (Wildman–Crippen LogP) is 3.64. The molecule has 1 aliphatic carbocycles. The Bertz CT molecular complexity index is 373. The minimum atomic E-state index is -0.322. The second-order valence-corrected chi connectivity index (χ2v) is 5.30. The first kappa shape index (κ1) is 11.2. The summed E-state index contributed by atoms with van der Waals surface area (Å²) in [5.41, 5.74) is 2.56. The second kappa shape index (κ2) is 4.43. The molecule has 2 nitrogen and oxygen atoms in total. The highest BCUT2D eigenvalue weighted by molar-refractivity contribution is 5.26. The van der Waals surface area contributed by atoms with Crippen LogP contribution in [-0.4, -0.2) is 5.79 Å². The Balaban J connectivity index is 1.84. The second-order valence-electron chi connectivity index (χ2n) is 5.30. The maximum Gasteiger partial charge on any atom is 0.171 e. The minimum absolute atomic E-state index is 0.322. The lowest BCUT2D eigenvalue weighted by Crippen LogP contribution is -2.43. The smallest absolute Gasteiger partial charge is 0.171 e. The molecule has 2 heteroatoms. The van der Waals surface area contributed by atoms with Crippen molar-refractivity contribution < 1.29 is 9.47 Å². The third kappa shape index (κ3) is 2.00. The van der Waals surface area contributed by atoms with Crippen molar-refractivity contribution in [1.29, 1.82) is 0 Å². The number of hydrogen-bond acceptors (Lipinski definition) is 2. The molecule has 92 valence electrons. The molecular formula is C15H20O2. The Hall–Kier alpha value is -0.860. The van der Waals surface area contributed by atoms with E-state index >= 15 is 0 Å². The van der Waals surface area contributed by atoms with Crippen molar-refractivity contribution in [3.05, 3.63) is 35.4 Å². The molecule has 1 aromatic rings. The first-order chi connectivity index (χ1) is 8.30. The Labute approximate surface area is 103 Å². The summed E-state index contributed by atoms with van der Waals surface area (Å²) in [5.74, 6) is 0.183. The lowest BCUT2D eigenvalue weighted by atomic mass is 9.84. The molecule has 17 heavy (non-hydrogen) atoms. The predicted molar refractivity (Wildman–Crippen MR) is 66.4 cm³/mol. The van der Waals surface area contributed by atoms with E-state index in [4.69, 9.17) is 9.47 Å². The molecule has 1 aliphatic heterocycles. The van der Waals surface area contributed by atoms with E-state index in [1.54, 1.807) is 0 Å². The molecule has 1 unspecified atom stereocenters. The summed E-state index contributed by atoms with van der Waals surface area (Å²) in [6.45, 7) is 3.65. The molecule has 1 atom stereocenters. The molecule has 0 saturated heterocycles. The highest BCUT2D eigenvalue weighted by Crippen LogP contribution is 2.40. The molecule has 0 aromatic heterocycles. The van der Waals surface area contributed by atoms with Crippen molar-refractivity contribution in [2.24, 2.45) is 5.92 Å². The molecular weight excluding hydrogens is 212 g/mol. The summed E-state index contributed by atoms with van der Waals surface area (Å²) in [6.07, 6.45) is 4.79. The number of rotatable bonds is 0. The van der Waals surface area contributed by atoms with E-state index in [0.717, 1.165) is 6.42 Å². The average Bonchev–Trinajstić information content (AvgIpc) is 2.55. The maximum absolute atomic E-state index is 6.15. The van der Waals surface area contributed by atoms with Crippen molar-refractivity contribution in [3.63, 3.8) is 0 Å². The van der Waals surface area contributed by atoms with Crippen LogP contribution in [0, 0.1) is 5.92 Å². The maximum atomic E-state index is 6.15. The minimum Gasteiger partial charge on any atom is -0.345 e. The molecule has 3 rings (SSSR count). The van der Waals surface area contributed by atoms with Gasteiger partial charge in [-0.3, -0.25) is 0 Å². The molecule has 1 fully saturated rings. The number of benzene rings is 1. The highest BCUT2D eigenvalue weighted by Gasteiger charge is 2.41. The van der Waals surface area contributed by atoms with Gasteiger partial charge in [-0.25, -0.2) is 0 Å². The van der Waals surface area contributed by atoms with Crippen LogP contribution in [0.2, 0.25) is 0 Å². The molecule has 0 N–H and O–H groups in total. The van der Waals surface area contributed by atoms with E-state index in [0.29, 0.717) is 19.1 Å². The summed E-state index contributed by atoms with van der Waals surface area (Å²) in [4.78, 5) is 0. The van der Waals surface area contributed by atoms with Crippen molar-refractivity contribution in [3.8, 4) is 0 Å². The van der Waals surface area contributed by atoms with Crippen LogP contribution in [0.1, 0.15) is 43.7 Å². The van der Waals surface area contributed by atoms with Gasteiger partial charge in [0.2, 0.25) is 0 Å². The van der Waals surface area contributed by atoms with Gasteiger partial charge in [0.05, 0.1) is 13.2 Å². The highest BCUT2D eigenvalue weighted by atomic mass is 16.7. The Kier molecular flexibility index (Phi) is 2.93. The molecule has 0 bridgehead atoms. The molecule has 2 aliphatic rings. The van der Waals surface area contributed by atoms with Gasteiger partial charge >= 0.3 is 0 Å². The normalized spacial score (nSPS) is 27.5. The van der Waals surface area contributed by atoms with E-state index in [-0.39, 0.29) is 5.79 Å². The Morgan fingerprint density at radius 3 is 2.29 bits per heavy atom. The van der Waals surface area contributed by atoms with E-state index < -0.39 is 0 Å². The van der Waals surface area contributed by atoms with E-state index in [9.17, 15) is 0 Å². The van der Waals surface area contributed by atoms with Crippen LogP contribution in [-0.2, 0) is 22.7 Å². The molecule has 1 aromatic carbocycles. The van der Waals surface area contributed by atoms with E-state index in [2.05, 4.69) is 31.2 Å². The SMILES string of the molecule is CC1CCCCC12OCc1ccccc1CO2. The lowest BCUT2D eigenvalue weighted by Gasteiger charge is -2.40. The van der Waals surface area contributed by atoms with Gasteiger partial charge in [0, 0.05) is 12.3 Å². The zero-order chi connectivity index (χ0) is 11.7. The topological polar surface area (TPSA) is 18.5 Å². The third-order valence-corrected chi connectivity index (χ3v) is 4.23. The van der Waals surface area contributed by atoms with Crippen LogP contribution in [0.25, 0.3) is 0 Å². The Morgan fingerprint density at radius 1 is 1.06 bits per heavy atom. The Morgan fingerprint density at radius 2 is 1.71 bits per heavy atom. The van der Waals surface area contributed by atoms with Crippen LogP contribution in [0.3, 0.4) is 0 Å². The van der Waals surface area contributed by atoms with Crippen molar-refractivity contribution >= 4 is 0 Å². The number of fused-ring (bicyclic) bond motifs is 1. The van der Waals surface area contributed by atoms with Gasteiger partial charge in [0.15, 0.2) is 5.79 Å². The van der Waals surface area contributed by atoms with Gasteiger partial charge in [-0.2, -0.15) is 0 Å². The molecule has 1 spiro atoms. The molecule has 0 amide bonds. The summed E-state index contributed by atoms with van der Waals surface area (Å²) in [6, 6.07) is 8.44.